The van der Waals surface area contributed by atoms with E-state index >= 15 is 0 Å². The Morgan fingerprint density at radius 3 is 2.18 bits per heavy atom. The van der Waals surface area contributed by atoms with Crippen LogP contribution < -0.4 is 5.30 Å². The molecule has 60 valence electrons. The molecule has 1 unspecified atom stereocenters. The molecule has 0 spiro atoms. The second-order valence-electron chi connectivity index (χ2n) is 2.57. The van der Waals surface area contributed by atoms with E-state index in [0.717, 1.165) is 5.30 Å². The minimum Gasteiger partial charge on any atom is -0.305 e. The molecule has 11 heavy (non-hydrogen) atoms. The van der Waals surface area contributed by atoms with Gasteiger partial charge in [-0.1, -0.05) is 30.3 Å². The lowest BCUT2D eigenvalue weighted by Crippen LogP contribution is -2.08. The van der Waals surface area contributed by atoms with Crippen LogP contribution in [0.1, 0.15) is 0 Å². The van der Waals surface area contributed by atoms with Crippen LogP contribution in [-0.4, -0.2) is 18.8 Å². The Morgan fingerprint density at radius 2 is 1.73 bits per heavy atom. The number of nitrogens with zero attached hydrogens (tertiary/aromatic N) is 1. The van der Waals surface area contributed by atoms with E-state index < -0.39 is 7.95 Å². The van der Waals surface area contributed by atoms with Crippen molar-refractivity contribution in [1.82, 2.24) is 4.67 Å². The fourth-order valence-electron chi connectivity index (χ4n) is 0.839. The van der Waals surface area contributed by atoms with Gasteiger partial charge in [0, 0.05) is 5.30 Å². The second kappa shape index (κ2) is 3.70. The van der Waals surface area contributed by atoms with Crippen LogP contribution in [0.25, 0.3) is 0 Å². The third-order valence-electron chi connectivity index (χ3n) is 1.43. The standard InChI is InChI=1S/C8H12NOP/c1-9(2)11(10)8-6-4-3-5-7-8/h3-7,11H,1-2H3. The summed E-state index contributed by atoms with van der Waals surface area (Å²) in [5.41, 5.74) is 0. The van der Waals surface area contributed by atoms with Gasteiger partial charge >= 0.3 is 0 Å². The Morgan fingerprint density at radius 1 is 1.18 bits per heavy atom. The first kappa shape index (κ1) is 8.51. The summed E-state index contributed by atoms with van der Waals surface area (Å²) < 4.78 is 13.2. The Bertz CT molecular complexity index is 246. The molecule has 0 aromatic heterocycles. The normalized spacial score (nSPS) is 13.4. The van der Waals surface area contributed by atoms with E-state index in [-0.39, 0.29) is 0 Å². The van der Waals surface area contributed by atoms with E-state index in [9.17, 15) is 4.57 Å². The first-order chi connectivity index (χ1) is 5.22. The average Bonchev–Trinajstić information content (AvgIpc) is 2.05. The molecule has 0 fully saturated rings. The van der Waals surface area contributed by atoms with Crippen LogP contribution >= 0.6 is 7.95 Å². The first-order valence-corrected chi connectivity index (χ1v) is 4.84. The molecule has 0 N–H and O–H groups in total. The maximum absolute atomic E-state index is 11.5. The minimum atomic E-state index is -1.70. The van der Waals surface area contributed by atoms with Crippen molar-refractivity contribution in [3.8, 4) is 0 Å². The van der Waals surface area contributed by atoms with Gasteiger partial charge in [0.2, 0.25) is 0 Å². The minimum absolute atomic E-state index is 0.919. The van der Waals surface area contributed by atoms with Crippen molar-refractivity contribution in [1.29, 1.82) is 0 Å². The summed E-state index contributed by atoms with van der Waals surface area (Å²) in [5.74, 6) is 0. The zero-order valence-electron chi connectivity index (χ0n) is 6.74. The third kappa shape index (κ3) is 2.18. The van der Waals surface area contributed by atoms with Gasteiger partial charge in [0.25, 0.3) is 0 Å². The predicted octanol–water partition coefficient (Wildman–Crippen LogP) is 1.35. The summed E-state index contributed by atoms with van der Waals surface area (Å²) in [7, 11) is 1.95. The van der Waals surface area contributed by atoms with Crippen molar-refractivity contribution in [2.75, 3.05) is 14.1 Å². The molecule has 0 saturated carbocycles. The highest BCUT2D eigenvalue weighted by Gasteiger charge is 2.02. The van der Waals surface area contributed by atoms with Crippen molar-refractivity contribution < 1.29 is 4.57 Å². The Hall–Kier alpha value is -0.590. The summed E-state index contributed by atoms with van der Waals surface area (Å²) >= 11 is 0. The van der Waals surface area contributed by atoms with Crippen LogP contribution in [0.15, 0.2) is 30.3 Å². The van der Waals surface area contributed by atoms with Gasteiger partial charge in [-0.25, -0.2) is 0 Å². The molecule has 0 aliphatic rings. The fraction of sp³-hybridized carbons (Fsp3) is 0.250. The molecule has 0 radical (unpaired) electrons. The summed E-state index contributed by atoms with van der Waals surface area (Å²) in [6.45, 7) is 0. The lowest BCUT2D eigenvalue weighted by atomic mass is 10.4. The second-order valence-corrected chi connectivity index (χ2v) is 4.65. The van der Waals surface area contributed by atoms with Crippen molar-refractivity contribution in [3.05, 3.63) is 30.3 Å². The van der Waals surface area contributed by atoms with Gasteiger partial charge in [-0.05, 0) is 14.1 Å². The van der Waals surface area contributed by atoms with Gasteiger partial charge < -0.3 is 4.57 Å². The topological polar surface area (TPSA) is 20.3 Å². The Kier molecular flexibility index (Phi) is 2.86. The zero-order valence-corrected chi connectivity index (χ0v) is 7.74. The van der Waals surface area contributed by atoms with Gasteiger partial charge in [-0.3, -0.25) is 4.67 Å². The molecule has 3 heteroatoms. The number of rotatable bonds is 2. The Labute approximate surface area is 67.7 Å². The van der Waals surface area contributed by atoms with E-state index in [1.165, 1.54) is 0 Å². The van der Waals surface area contributed by atoms with Crippen LogP contribution in [0.3, 0.4) is 0 Å². The fourth-order valence-corrected chi connectivity index (χ4v) is 1.83. The lowest BCUT2D eigenvalue weighted by molar-refractivity contribution is 0.543. The average molecular weight is 169 g/mol. The van der Waals surface area contributed by atoms with Crippen molar-refractivity contribution >= 4 is 13.3 Å². The monoisotopic (exact) mass is 169 g/mol. The van der Waals surface area contributed by atoms with E-state index in [4.69, 9.17) is 0 Å². The van der Waals surface area contributed by atoms with Crippen LogP contribution in [0.4, 0.5) is 0 Å². The van der Waals surface area contributed by atoms with E-state index in [1.54, 1.807) is 4.67 Å². The number of benzene rings is 1. The molecular formula is C8H12NOP. The van der Waals surface area contributed by atoms with E-state index in [2.05, 4.69) is 0 Å². The molecular weight excluding hydrogens is 157 g/mol. The molecule has 1 aromatic carbocycles. The smallest absolute Gasteiger partial charge is 0.166 e. The highest BCUT2D eigenvalue weighted by atomic mass is 31.1. The molecule has 0 heterocycles. The maximum atomic E-state index is 11.5. The molecule has 0 aliphatic carbocycles. The van der Waals surface area contributed by atoms with Gasteiger partial charge in [-0.2, -0.15) is 0 Å². The molecule has 1 atom stereocenters. The summed E-state index contributed by atoms with van der Waals surface area (Å²) in [5, 5.41) is 0.919. The highest BCUT2D eigenvalue weighted by molar-refractivity contribution is 7.50. The van der Waals surface area contributed by atoms with E-state index in [0.29, 0.717) is 0 Å². The first-order valence-electron chi connectivity index (χ1n) is 3.48. The van der Waals surface area contributed by atoms with Gasteiger partial charge in [0.1, 0.15) is 0 Å². The van der Waals surface area contributed by atoms with Gasteiger partial charge in [-0.15, -0.1) is 0 Å². The van der Waals surface area contributed by atoms with Crippen LogP contribution in [0, 0.1) is 0 Å². The zero-order chi connectivity index (χ0) is 8.27. The van der Waals surface area contributed by atoms with Crippen LogP contribution in [-0.2, 0) is 4.57 Å². The molecule has 0 saturated heterocycles. The quantitative estimate of drug-likeness (QED) is 0.623. The summed E-state index contributed by atoms with van der Waals surface area (Å²) in [6.07, 6.45) is 0. The maximum Gasteiger partial charge on any atom is 0.166 e. The molecule has 0 amide bonds. The number of hydrogen-bond acceptors (Lipinski definition) is 1. The van der Waals surface area contributed by atoms with Gasteiger partial charge in [0.15, 0.2) is 7.95 Å². The van der Waals surface area contributed by atoms with Crippen LogP contribution in [0.5, 0.6) is 0 Å². The molecule has 1 rings (SSSR count). The molecule has 1 aromatic rings. The van der Waals surface area contributed by atoms with Gasteiger partial charge in [0.05, 0.1) is 0 Å². The van der Waals surface area contributed by atoms with E-state index in [1.807, 2.05) is 44.4 Å². The Balaban J connectivity index is 2.86. The lowest BCUT2D eigenvalue weighted by Gasteiger charge is -2.08. The SMILES string of the molecule is CN(C)[PH](=O)c1ccccc1. The summed E-state index contributed by atoms with van der Waals surface area (Å²) in [4.78, 5) is 0. The van der Waals surface area contributed by atoms with Crippen molar-refractivity contribution in [2.45, 2.75) is 0 Å². The number of hydrogen-bond donors (Lipinski definition) is 0. The molecule has 0 bridgehead atoms. The third-order valence-corrected chi connectivity index (χ3v) is 3.07. The highest BCUT2D eigenvalue weighted by Crippen LogP contribution is 2.20. The van der Waals surface area contributed by atoms with Crippen molar-refractivity contribution in [3.63, 3.8) is 0 Å². The van der Waals surface area contributed by atoms with Crippen molar-refractivity contribution in [2.24, 2.45) is 0 Å². The predicted molar refractivity (Wildman–Crippen MR) is 48.8 cm³/mol. The molecule has 2 nitrogen and oxygen atoms in total. The largest absolute Gasteiger partial charge is 0.305 e. The van der Waals surface area contributed by atoms with Crippen LogP contribution in [0.2, 0.25) is 0 Å². The molecule has 0 aliphatic heterocycles. The summed E-state index contributed by atoms with van der Waals surface area (Å²) in [6, 6.07) is 9.51.